The van der Waals surface area contributed by atoms with E-state index >= 15 is 0 Å². The van der Waals surface area contributed by atoms with Gasteiger partial charge in [0.2, 0.25) is 11.8 Å². The summed E-state index contributed by atoms with van der Waals surface area (Å²) in [7, 11) is 0. The Morgan fingerprint density at radius 3 is 2.82 bits per heavy atom. The van der Waals surface area contributed by atoms with Crippen molar-refractivity contribution in [3.8, 4) is 0 Å². The van der Waals surface area contributed by atoms with Crippen molar-refractivity contribution >= 4 is 35.0 Å². The third-order valence-electron chi connectivity index (χ3n) is 3.81. The van der Waals surface area contributed by atoms with Crippen molar-refractivity contribution in [3.63, 3.8) is 0 Å². The van der Waals surface area contributed by atoms with Crippen LogP contribution < -0.4 is 5.32 Å². The molecule has 1 aliphatic heterocycles. The van der Waals surface area contributed by atoms with Gasteiger partial charge in [-0.15, -0.1) is 0 Å². The molecule has 1 N–H and O–H groups in total. The third-order valence-corrected chi connectivity index (χ3v) is 4.37. The van der Waals surface area contributed by atoms with Gasteiger partial charge in [0.15, 0.2) is 0 Å². The molecule has 0 aliphatic carbocycles. The summed E-state index contributed by atoms with van der Waals surface area (Å²) in [5, 5.41) is 3.96. The maximum absolute atomic E-state index is 12.2. The summed E-state index contributed by atoms with van der Waals surface area (Å²) >= 11 is 12.0. The predicted octanol–water partition coefficient (Wildman–Crippen LogP) is 3.57. The number of carbonyl (C=O) groups is 2. The van der Waals surface area contributed by atoms with Crippen molar-refractivity contribution in [2.75, 3.05) is 13.1 Å². The minimum Gasteiger partial charge on any atom is -0.348 e. The zero-order valence-electron chi connectivity index (χ0n) is 12.6. The first-order valence-corrected chi connectivity index (χ1v) is 8.25. The van der Waals surface area contributed by atoms with Gasteiger partial charge in [-0.25, -0.2) is 0 Å². The Morgan fingerprint density at radius 1 is 1.32 bits per heavy atom. The van der Waals surface area contributed by atoms with Crippen LogP contribution in [0.2, 0.25) is 10.0 Å². The number of nitrogens with zero attached hydrogens (tertiary/aromatic N) is 1. The highest BCUT2D eigenvalue weighted by molar-refractivity contribution is 6.35. The smallest absolute Gasteiger partial charge is 0.240 e. The van der Waals surface area contributed by atoms with Crippen LogP contribution >= 0.6 is 23.2 Å². The molecule has 1 aromatic rings. The van der Waals surface area contributed by atoms with E-state index in [1.165, 1.54) is 0 Å². The highest BCUT2D eigenvalue weighted by atomic mass is 35.5. The van der Waals surface area contributed by atoms with E-state index in [4.69, 9.17) is 23.2 Å². The predicted molar refractivity (Wildman–Crippen MR) is 88.1 cm³/mol. The van der Waals surface area contributed by atoms with E-state index < -0.39 is 0 Å². The Kier molecular flexibility index (Phi) is 6.09. The molecular weight excluding hydrogens is 323 g/mol. The second-order valence-corrected chi connectivity index (χ2v) is 6.42. The lowest BCUT2D eigenvalue weighted by atomic mass is 10.1. The standard InChI is InChI=1S/C16H20Cl2N2O2/c1-11(13-7-6-12(17)9-14(13)18)19-15(21)10-20-8-4-2-3-5-16(20)22/h6-7,9,11H,2-5,8,10H2,1H3,(H,19,21). The third kappa shape index (κ3) is 4.62. The lowest BCUT2D eigenvalue weighted by molar-refractivity contribution is -0.135. The first-order valence-electron chi connectivity index (χ1n) is 7.49. The molecule has 1 fully saturated rings. The van der Waals surface area contributed by atoms with Gasteiger partial charge in [0.25, 0.3) is 0 Å². The molecule has 1 aliphatic rings. The number of amides is 2. The minimum atomic E-state index is -0.237. The molecule has 0 aromatic heterocycles. The molecule has 6 heteroatoms. The number of halogens is 2. The van der Waals surface area contributed by atoms with E-state index in [1.54, 1.807) is 23.1 Å². The average Bonchev–Trinajstić information content (AvgIpc) is 2.63. The summed E-state index contributed by atoms with van der Waals surface area (Å²) in [6.07, 6.45) is 3.44. The van der Waals surface area contributed by atoms with Crippen LogP contribution in [0.5, 0.6) is 0 Å². The molecule has 2 rings (SSSR count). The van der Waals surface area contributed by atoms with E-state index in [0.717, 1.165) is 24.8 Å². The number of carbonyl (C=O) groups excluding carboxylic acids is 2. The van der Waals surface area contributed by atoms with Crippen molar-refractivity contribution in [2.24, 2.45) is 0 Å². The Hall–Kier alpha value is -1.26. The Morgan fingerprint density at radius 2 is 2.09 bits per heavy atom. The summed E-state index contributed by atoms with van der Waals surface area (Å²) in [6.45, 7) is 2.62. The van der Waals surface area contributed by atoms with Gasteiger partial charge in [0.05, 0.1) is 12.6 Å². The molecule has 4 nitrogen and oxygen atoms in total. The molecule has 1 saturated heterocycles. The van der Waals surface area contributed by atoms with Crippen LogP contribution in [-0.4, -0.2) is 29.8 Å². The van der Waals surface area contributed by atoms with Gasteiger partial charge in [-0.1, -0.05) is 35.7 Å². The summed E-state index contributed by atoms with van der Waals surface area (Å²) in [5.41, 5.74) is 0.807. The van der Waals surface area contributed by atoms with Crippen molar-refractivity contribution in [1.29, 1.82) is 0 Å². The molecular formula is C16H20Cl2N2O2. The van der Waals surface area contributed by atoms with E-state index in [0.29, 0.717) is 23.0 Å². The Balaban J connectivity index is 1.94. The van der Waals surface area contributed by atoms with Crippen LogP contribution in [0, 0.1) is 0 Å². The largest absolute Gasteiger partial charge is 0.348 e. The monoisotopic (exact) mass is 342 g/mol. The van der Waals surface area contributed by atoms with Crippen LogP contribution in [0.4, 0.5) is 0 Å². The van der Waals surface area contributed by atoms with Crippen LogP contribution in [0.25, 0.3) is 0 Å². The molecule has 1 heterocycles. The van der Waals surface area contributed by atoms with Gasteiger partial charge in [-0.3, -0.25) is 9.59 Å². The first-order chi connectivity index (χ1) is 10.5. The van der Waals surface area contributed by atoms with Crippen molar-refractivity contribution < 1.29 is 9.59 Å². The molecule has 0 saturated carbocycles. The zero-order valence-corrected chi connectivity index (χ0v) is 14.1. The van der Waals surface area contributed by atoms with Gasteiger partial charge >= 0.3 is 0 Å². The van der Waals surface area contributed by atoms with Crippen molar-refractivity contribution in [1.82, 2.24) is 10.2 Å². The molecule has 0 radical (unpaired) electrons. The Labute approximate surface area is 140 Å². The van der Waals surface area contributed by atoms with E-state index in [1.807, 2.05) is 6.92 Å². The number of likely N-dealkylation sites (tertiary alicyclic amines) is 1. The van der Waals surface area contributed by atoms with Crippen LogP contribution in [0.15, 0.2) is 18.2 Å². The fourth-order valence-electron chi connectivity index (χ4n) is 2.60. The number of hydrogen-bond donors (Lipinski definition) is 1. The van der Waals surface area contributed by atoms with E-state index in [2.05, 4.69) is 5.32 Å². The van der Waals surface area contributed by atoms with Gasteiger partial charge in [0.1, 0.15) is 0 Å². The molecule has 1 unspecified atom stereocenters. The fraction of sp³-hybridized carbons (Fsp3) is 0.500. The molecule has 0 bridgehead atoms. The van der Waals surface area contributed by atoms with Crippen molar-refractivity contribution in [2.45, 2.75) is 38.6 Å². The molecule has 0 spiro atoms. The second-order valence-electron chi connectivity index (χ2n) is 5.58. The van der Waals surface area contributed by atoms with Crippen LogP contribution in [0.1, 0.15) is 44.2 Å². The summed E-state index contributed by atoms with van der Waals surface area (Å²) < 4.78 is 0. The molecule has 22 heavy (non-hydrogen) atoms. The molecule has 1 aromatic carbocycles. The number of hydrogen-bond acceptors (Lipinski definition) is 2. The molecule has 1 atom stereocenters. The number of rotatable bonds is 4. The SMILES string of the molecule is CC(NC(=O)CN1CCCCCC1=O)c1ccc(Cl)cc1Cl. The van der Waals surface area contributed by atoms with Gasteiger partial charge in [-0.2, -0.15) is 0 Å². The first kappa shape index (κ1) is 17.1. The maximum atomic E-state index is 12.2. The van der Waals surface area contributed by atoms with Crippen LogP contribution in [0.3, 0.4) is 0 Å². The van der Waals surface area contributed by atoms with Gasteiger partial charge < -0.3 is 10.2 Å². The quantitative estimate of drug-likeness (QED) is 0.909. The van der Waals surface area contributed by atoms with Crippen LogP contribution in [-0.2, 0) is 9.59 Å². The number of benzene rings is 1. The molecule has 2 amide bonds. The highest BCUT2D eigenvalue weighted by Gasteiger charge is 2.20. The zero-order chi connectivity index (χ0) is 16.1. The topological polar surface area (TPSA) is 49.4 Å². The summed E-state index contributed by atoms with van der Waals surface area (Å²) in [4.78, 5) is 25.7. The van der Waals surface area contributed by atoms with Gasteiger partial charge in [0, 0.05) is 23.0 Å². The fourth-order valence-corrected chi connectivity index (χ4v) is 3.17. The Bertz CT molecular complexity index is 563. The second kappa shape index (κ2) is 7.84. The highest BCUT2D eigenvalue weighted by Crippen LogP contribution is 2.26. The van der Waals surface area contributed by atoms with Crippen molar-refractivity contribution in [3.05, 3.63) is 33.8 Å². The minimum absolute atomic E-state index is 0.0600. The lowest BCUT2D eigenvalue weighted by Crippen LogP contribution is -2.41. The summed E-state index contributed by atoms with van der Waals surface area (Å²) in [6, 6.07) is 4.95. The normalized spacial score (nSPS) is 17.0. The summed E-state index contributed by atoms with van der Waals surface area (Å²) in [5.74, 6) is -0.112. The molecule has 120 valence electrons. The average molecular weight is 343 g/mol. The maximum Gasteiger partial charge on any atom is 0.240 e. The number of nitrogens with one attached hydrogen (secondary N) is 1. The van der Waals surface area contributed by atoms with Gasteiger partial charge in [-0.05, 0) is 37.5 Å². The van der Waals surface area contributed by atoms with E-state index in [9.17, 15) is 9.59 Å². The van der Waals surface area contributed by atoms with E-state index in [-0.39, 0.29) is 24.4 Å². The lowest BCUT2D eigenvalue weighted by Gasteiger charge is -2.22.